The van der Waals surface area contributed by atoms with Gasteiger partial charge in [-0.1, -0.05) is 26.0 Å². The van der Waals surface area contributed by atoms with E-state index in [4.69, 9.17) is 0 Å². The third-order valence-corrected chi connectivity index (χ3v) is 3.93. The van der Waals surface area contributed by atoms with Gasteiger partial charge in [0.25, 0.3) is 5.56 Å². The predicted octanol–water partition coefficient (Wildman–Crippen LogP) is 3.10. The van der Waals surface area contributed by atoms with Crippen molar-refractivity contribution in [1.82, 2.24) is 9.88 Å². The van der Waals surface area contributed by atoms with Crippen LogP contribution in [0.4, 0.5) is 0 Å². The summed E-state index contributed by atoms with van der Waals surface area (Å²) in [5.41, 5.74) is 2.01. The molecule has 0 saturated heterocycles. The van der Waals surface area contributed by atoms with Crippen LogP contribution in [-0.4, -0.2) is 11.1 Å². The van der Waals surface area contributed by atoms with Crippen molar-refractivity contribution in [1.29, 1.82) is 0 Å². The van der Waals surface area contributed by atoms with Crippen LogP contribution in [0.5, 0.6) is 0 Å². The Morgan fingerprint density at radius 2 is 2.11 bits per heavy atom. The van der Waals surface area contributed by atoms with Crippen molar-refractivity contribution in [3.05, 3.63) is 45.6 Å². The van der Waals surface area contributed by atoms with Gasteiger partial charge >= 0.3 is 0 Å². The molecule has 0 amide bonds. The Morgan fingerprint density at radius 3 is 2.74 bits per heavy atom. The van der Waals surface area contributed by atoms with E-state index >= 15 is 0 Å². The third kappa shape index (κ3) is 3.14. The first-order valence-corrected chi connectivity index (χ1v) is 7.63. The van der Waals surface area contributed by atoms with E-state index in [1.165, 1.54) is 0 Å². The third-order valence-electron chi connectivity index (χ3n) is 3.04. The van der Waals surface area contributed by atoms with Crippen molar-refractivity contribution in [2.75, 3.05) is 6.54 Å². The van der Waals surface area contributed by atoms with Gasteiger partial charge in [0.15, 0.2) is 0 Å². The molecular formula is C15H20N2OS. The van der Waals surface area contributed by atoms with E-state index in [1.54, 1.807) is 11.3 Å². The van der Waals surface area contributed by atoms with Crippen LogP contribution in [-0.2, 0) is 13.1 Å². The molecule has 2 aromatic rings. The van der Waals surface area contributed by atoms with Gasteiger partial charge in [-0.25, -0.2) is 0 Å². The van der Waals surface area contributed by atoms with Gasteiger partial charge in [-0.2, -0.15) is 0 Å². The second-order valence-electron chi connectivity index (χ2n) is 4.46. The molecule has 2 heterocycles. The largest absolute Gasteiger partial charge is 0.313 e. The first-order valence-electron chi connectivity index (χ1n) is 6.75. The molecule has 0 atom stereocenters. The molecule has 0 saturated carbocycles. The van der Waals surface area contributed by atoms with Crippen LogP contribution < -0.4 is 10.9 Å². The highest BCUT2D eigenvalue weighted by Gasteiger charge is 2.10. The topological polar surface area (TPSA) is 34.0 Å². The van der Waals surface area contributed by atoms with E-state index in [2.05, 4.69) is 24.4 Å². The summed E-state index contributed by atoms with van der Waals surface area (Å²) in [5, 5.41) is 5.26. The lowest BCUT2D eigenvalue weighted by molar-refractivity contribution is 0.641. The van der Waals surface area contributed by atoms with Crippen LogP contribution in [0.2, 0.25) is 0 Å². The van der Waals surface area contributed by atoms with E-state index in [0.717, 1.165) is 35.6 Å². The molecule has 0 aliphatic rings. The van der Waals surface area contributed by atoms with E-state index in [1.807, 2.05) is 29.0 Å². The van der Waals surface area contributed by atoms with E-state index in [-0.39, 0.29) is 5.56 Å². The number of pyridine rings is 1. The summed E-state index contributed by atoms with van der Waals surface area (Å²) in [6.07, 6.45) is 0.961. The van der Waals surface area contributed by atoms with Gasteiger partial charge < -0.3 is 9.88 Å². The molecule has 0 spiro atoms. The maximum atomic E-state index is 12.5. The van der Waals surface area contributed by atoms with Crippen LogP contribution in [0.25, 0.3) is 10.6 Å². The van der Waals surface area contributed by atoms with E-state index in [0.29, 0.717) is 6.54 Å². The number of thiophene rings is 1. The zero-order valence-electron chi connectivity index (χ0n) is 11.5. The van der Waals surface area contributed by atoms with Crippen LogP contribution in [0.3, 0.4) is 0 Å². The molecule has 0 bridgehead atoms. The average Bonchev–Trinajstić information content (AvgIpc) is 2.94. The lowest BCUT2D eigenvalue weighted by Gasteiger charge is -2.13. The summed E-state index contributed by atoms with van der Waals surface area (Å²) < 4.78 is 1.90. The van der Waals surface area contributed by atoms with Crippen molar-refractivity contribution < 1.29 is 0 Å². The Labute approximate surface area is 117 Å². The lowest BCUT2D eigenvalue weighted by atomic mass is 10.2. The normalized spacial score (nSPS) is 10.8. The standard InChI is InChI=1S/C15H20N2OS/c1-3-9-17-13(14-6-5-10-19-14)8-7-12(15(17)18)11-16-4-2/h5-8,10,16H,3-4,9,11H2,1-2H3. The first kappa shape index (κ1) is 14.0. The number of hydrogen-bond donors (Lipinski definition) is 1. The quantitative estimate of drug-likeness (QED) is 0.879. The first-order chi connectivity index (χ1) is 9.27. The maximum absolute atomic E-state index is 12.5. The number of nitrogens with one attached hydrogen (secondary N) is 1. The van der Waals surface area contributed by atoms with Crippen LogP contribution in [0.15, 0.2) is 34.4 Å². The molecule has 0 aliphatic carbocycles. The Bertz CT molecular complexity index is 572. The zero-order valence-corrected chi connectivity index (χ0v) is 12.3. The minimum Gasteiger partial charge on any atom is -0.313 e. The van der Waals surface area contributed by atoms with Crippen LogP contribution >= 0.6 is 11.3 Å². The number of nitrogens with zero attached hydrogens (tertiary/aromatic N) is 1. The summed E-state index contributed by atoms with van der Waals surface area (Å²) in [6.45, 7) is 6.43. The average molecular weight is 276 g/mol. The number of hydrogen-bond acceptors (Lipinski definition) is 3. The zero-order chi connectivity index (χ0) is 13.7. The van der Waals surface area contributed by atoms with Gasteiger partial charge in [0, 0.05) is 18.7 Å². The maximum Gasteiger partial charge on any atom is 0.255 e. The van der Waals surface area contributed by atoms with Crippen molar-refractivity contribution in [2.24, 2.45) is 0 Å². The smallest absolute Gasteiger partial charge is 0.255 e. The highest BCUT2D eigenvalue weighted by molar-refractivity contribution is 7.13. The summed E-state index contributed by atoms with van der Waals surface area (Å²) in [6, 6.07) is 8.10. The van der Waals surface area contributed by atoms with Gasteiger partial charge in [-0.05, 0) is 30.5 Å². The molecule has 2 aromatic heterocycles. The monoisotopic (exact) mass is 276 g/mol. The molecular weight excluding hydrogens is 256 g/mol. The Balaban J connectivity index is 2.45. The summed E-state index contributed by atoms with van der Waals surface area (Å²) in [5.74, 6) is 0. The molecule has 3 nitrogen and oxygen atoms in total. The molecule has 0 radical (unpaired) electrons. The minimum absolute atomic E-state index is 0.133. The van der Waals surface area contributed by atoms with Crippen molar-refractivity contribution in [3.8, 4) is 10.6 Å². The van der Waals surface area contributed by atoms with E-state index in [9.17, 15) is 4.79 Å². The fourth-order valence-corrected chi connectivity index (χ4v) is 2.86. The van der Waals surface area contributed by atoms with Crippen molar-refractivity contribution >= 4 is 11.3 Å². The SMILES string of the molecule is CCCn1c(-c2cccs2)ccc(CNCC)c1=O. The molecule has 4 heteroatoms. The van der Waals surface area contributed by atoms with Gasteiger partial charge in [0.05, 0.1) is 10.6 Å². The number of aromatic nitrogens is 1. The number of rotatable bonds is 6. The summed E-state index contributed by atoms with van der Waals surface area (Å²) >= 11 is 1.67. The second-order valence-corrected chi connectivity index (χ2v) is 5.41. The highest BCUT2D eigenvalue weighted by Crippen LogP contribution is 2.23. The predicted molar refractivity (Wildman–Crippen MR) is 81.7 cm³/mol. The lowest BCUT2D eigenvalue weighted by Crippen LogP contribution is -2.28. The Morgan fingerprint density at radius 1 is 1.26 bits per heavy atom. The van der Waals surface area contributed by atoms with Crippen LogP contribution in [0, 0.1) is 0 Å². The molecule has 0 unspecified atom stereocenters. The fourth-order valence-electron chi connectivity index (χ4n) is 2.10. The van der Waals surface area contributed by atoms with Crippen molar-refractivity contribution in [3.63, 3.8) is 0 Å². The van der Waals surface area contributed by atoms with E-state index < -0.39 is 0 Å². The molecule has 1 N–H and O–H groups in total. The molecule has 19 heavy (non-hydrogen) atoms. The second kappa shape index (κ2) is 6.68. The summed E-state index contributed by atoms with van der Waals surface area (Å²) in [7, 11) is 0. The summed E-state index contributed by atoms with van der Waals surface area (Å²) in [4.78, 5) is 13.7. The molecule has 0 fully saturated rings. The molecule has 102 valence electrons. The Kier molecular flexibility index (Phi) is 4.93. The highest BCUT2D eigenvalue weighted by atomic mass is 32.1. The van der Waals surface area contributed by atoms with Gasteiger partial charge in [0.1, 0.15) is 0 Å². The van der Waals surface area contributed by atoms with Crippen molar-refractivity contribution in [2.45, 2.75) is 33.4 Å². The molecule has 2 rings (SSSR count). The van der Waals surface area contributed by atoms with Gasteiger partial charge in [-0.15, -0.1) is 11.3 Å². The van der Waals surface area contributed by atoms with Crippen LogP contribution in [0.1, 0.15) is 25.8 Å². The molecule has 0 aliphatic heterocycles. The minimum atomic E-state index is 0.133. The molecule has 0 aromatic carbocycles. The van der Waals surface area contributed by atoms with Gasteiger partial charge in [-0.3, -0.25) is 4.79 Å². The Hall–Kier alpha value is -1.39. The fraction of sp³-hybridized carbons (Fsp3) is 0.400. The van der Waals surface area contributed by atoms with Gasteiger partial charge in [0.2, 0.25) is 0 Å².